The van der Waals surface area contributed by atoms with Crippen LogP contribution in [0.1, 0.15) is 54.5 Å². The second-order valence-corrected chi connectivity index (χ2v) is 9.20. The molecule has 2 aromatic rings. The SMILES string of the molecule is CNSc1cccc(C(C)(C)O)c1.NC(=O)Nc1c2c(cc3c1CCC3)CCC2. The van der Waals surface area contributed by atoms with Crippen LogP contribution in [0.4, 0.5) is 10.5 Å². The molecule has 0 fully saturated rings. The lowest BCUT2D eigenvalue weighted by Gasteiger charge is -2.18. The number of anilines is 1. The number of nitrogens with one attached hydrogen (secondary N) is 2. The van der Waals surface area contributed by atoms with Crippen LogP contribution in [0.3, 0.4) is 0 Å². The Morgan fingerprint density at radius 1 is 1.07 bits per heavy atom. The van der Waals surface area contributed by atoms with Crippen molar-refractivity contribution in [3.63, 3.8) is 0 Å². The van der Waals surface area contributed by atoms with Crippen LogP contribution in [0.25, 0.3) is 0 Å². The zero-order valence-corrected chi connectivity index (χ0v) is 18.3. The highest BCUT2D eigenvalue weighted by Gasteiger charge is 2.24. The molecule has 0 heterocycles. The number of amides is 2. The molecule has 0 radical (unpaired) electrons. The van der Waals surface area contributed by atoms with E-state index in [2.05, 4.69) is 16.1 Å². The van der Waals surface area contributed by atoms with E-state index < -0.39 is 11.6 Å². The molecule has 0 aliphatic heterocycles. The van der Waals surface area contributed by atoms with Gasteiger partial charge in [0.05, 0.1) is 5.60 Å². The molecule has 0 spiro atoms. The largest absolute Gasteiger partial charge is 0.386 e. The van der Waals surface area contributed by atoms with Crippen molar-refractivity contribution in [3.8, 4) is 0 Å². The van der Waals surface area contributed by atoms with E-state index in [-0.39, 0.29) is 0 Å². The molecule has 0 atom stereocenters. The van der Waals surface area contributed by atoms with Crippen LogP contribution in [-0.2, 0) is 31.3 Å². The lowest BCUT2D eigenvalue weighted by Crippen LogP contribution is -2.21. The van der Waals surface area contributed by atoms with E-state index in [1.165, 1.54) is 35.1 Å². The molecule has 5 N–H and O–H groups in total. The molecule has 2 aromatic carbocycles. The fraction of sp³-hybridized carbons (Fsp3) is 0.435. The van der Waals surface area contributed by atoms with Gasteiger partial charge in [0.25, 0.3) is 0 Å². The molecule has 156 valence electrons. The van der Waals surface area contributed by atoms with Gasteiger partial charge in [0.2, 0.25) is 0 Å². The number of rotatable bonds is 4. The van der Waals surface area contributed by atoms with E-state index in [0.717, 1.165) is 41.8 Å². The molecule has 4 rings (SSSR count). The molecule has 2 aliphatic rings. The monoisotopic (exact) mass is 413 g/mol. The Balaban J connectivity index is 0.000000170. The molecule has 0 unspecified atom stereocenters. The third kappa shape index (κ3) is 5.32. The molecule has 2 amide bonds. The van der Waals surface area contributed by atoms with Crippen molar-refractivity contribution in [1.82, 2.24) is 4.72 Å². The van der Waals surface area contributed by atoms with Gasteiger partial charge in [-0.25, -0.2) is 4.79 Å². The number of benzene rings is 2. The summed E-state index contributed by atoms with van der Waals surface area (Å²) >= 11 is 1.54. The fourth-order valence-corrected chi connectivity index (χ4v) is 4.72. The predicted octanol–water partition coefficient (Wildman–Crippen LogP) is 4.30. The number of hydrogen-bond donors (Lipinski definition) is 4. The standard InChI is InChI=1S/C13H16N2O.C10H15NOS/c14-13(16)15-12-10-5-1-3-8(10)7-9-4-2-6-11(9)12;1-10(2,12)8-5-4-6-9(7-8)13-11-3/h7H,1-6H2,(H3,14,15,16);4-7,11-12H,1-3H3. The zero-order chi connectivity index (χ0) is 21.0. The second kappa shape index (κ2) is 9.20. The van der Waals surface area contributed by atoms with Gasteiger partial charge in [-0.05, 0) is 111 Å². The Bertz CT molecular complexity index is 858. The van der Waals surface area contributed by atoms with E-state index in [9.17, 15) is 9.90 Å². The van der Waals surface area contributed by atoms with Crippen LogP contribution in [0.2, 0.25) is 0 Å². The molecule has 29 heavy (non-hydrogen) atoms. The summed E-state index contributed by atoms with van der Waals surface area (Å²) in [7, 11) is 1.88. The summed E-state index contributed by atoms with van der Waals surface area (Å²) in [5.74, 6) is 0. The summed E-state index contributed by atoms with van der Waals surface area (Å²) in [4.78, 5) is 12.2. The minimum Gasteiger partial charge on any atom is -0.386 e. The number of fused-ring (bicyclic) bond motifs is 2. The first-order valence-electron chi connectivity index (χ1n) is 10.2. The summed E-state index contributed by atoms with van der Waals surface area (Å²) in [6.07, 6.45) is 6.86. The van der Waals surface area contributed by atoms with Gasteiger partial charge in [-0.15, -0.1) is 0 Å². The lowest BCUT2D eigenvalue weighted by atomic mass is 9.99. The molecule has 0 saturated heterocycles. The number of nitrogens with two attached hydrogens (primary N) is 1. The fourth-order valence-electron chi connectivity index (χ4n) is 4.15. The maximum absolute atomic E-state index is 11.1. The Kier molecular flexibility index (Phi) is 6.88. The first-order valence-corrected chi connectivity index (χ1v) is 11.0. The highest BCUT2D eigenvalue weighted by molar-refractivity contribution is 7.97. The molecule has 0 saturated carbocycles. The van der Waals surface area contributed by atoms with Crippen molar-refractivity contribution in [2.45, 2.75) is 62.9 Å². The van der Waals surface area contributed by atoms with E-state index in [4.69, 9.17) is 5.73 Å². The van der Waals surface area contributed by atoms with Crippen molar-refractivity contribution >= 4 is 23.7 Å². The van der Waals surface area contributed by atoms with E-state index in [1.54, 1.807) is 25.8 Å². The molecular weight excluding hydrogens is 382 g/mol. The average molecular weight is 414 g/mol. The zero-order valence-electron chi connectivity index (χ0n) is 17.5. The van der Waals surface area contributed by atoms with Gasteiger partial charge in [-0.1, -0.05) is 18.2 Å². The quantitative estimate of drug-likeness (QED) is 0.563. The van der Waals surface area contributed by atoms with Gasteiger partial charge in [0, 0.05) is 10.6 Å². The summed E-state index contributed by atoms with van der Waals surface area (Å²) < 4.78 is 3.00. The summed E-state index contributed by atoms with van der Waals surface area (Å²) in [6, 6.07) is 9.79. The highest BCUT2D eigenvalue weighted by Crippen LogP contribution is 2.38. The van der Waals surface area contributed by atoms with Crippen molar-refractivity contribution in [3.05, 3.63) is 58.1 Å². The third-order valence-electron chi connectivity index (χ3n) is 5.48. The van der Waals surface area contributed by atoms with Crippen molar-refractivity contribution in [1.29, 1.82) is 0 Å². The number of carbonyl (C=O) groups excluding carboxylic acids is 1. The number of urea groups is 1. The number of carbonyl (C=O) groups is 1. The van der Waals surface area contributed by atoms with Gasteiger partial charge < -0.3 is 16.2 Å². The Morgan fingerprint density at radius 3 is 2.21 bits per heavy atom. The molecular formula is C23H31N3O2S. The van der Waals surface area contributed by atoms with Crippen molar-refractivity contribution < 1.29 is 9.90 Å². The Labute approximate surface area is 177 Å². The molecule has 6 heteroatoms. The first-order chi connectivity index (χ1) is 13.8. The second-order valence-electron chi connectivity index (χ2n) is 8.12. The van der Waals surface area contributed by atoms with E-state index in [1.807, 2.05) is 31.3 Å². The number of aliphatic hydroxyl groups is 1. The number of aryl methyl sites for hydroxylation is 2. The van der Waals surface area contributed by atoms with Gasteiger partial charge >= 0.3 is 6.03 Å². The van der Waals surface area contributed by atoms with Crippen LogP contribution in [0.5, 0.6) is 0 Å². The molecule has 2 aliphatic carbocycles. The summed E-state index contributed by atoms with van der Waals surface area (Å²) in [5.41, 5.74) is 12.0. The summed E-state index contributed by atoms with van der Waals surface area (Å²) in [6.45, 7) is 3.58. The van der Waals surface area contributed by atoms with Crippen LogP contribution in [0, 0.1) is 0 Å². The maximum Gasteiger partial charge on any atom is 0.316 e. The van der Waals surface area contributed by atoms with Crippen LogP contribution >= 0.6 is 11.9 Å². The summed E-state index contributed by atoms with van der Waals surface area (Å²) in [5, 5.41) is 12.6. The third-order valence-corrected chi connectivity index (χ3v) is 6.18. The lowest BCUT2D eigenvalue weighted by molar-refractivity contribution is 0.0784. The van der Waals surface area contributed by atoms with Gasteiger partial charge in [0.1, 0.15) is 0 Å². The first kappa shape index (κ1) is 21.7. The van der Waals surface area contributed by atoms with E-state index in [0.29, 0.717) is 0 Å². The van der Waals surface area contributed by atoms with Gasteiger partial charge in [-0.2, -0.15) is 0 Å². The normalized spacial score (nSPS) is 14.6. The molecule has 0 bridgehead atoms. The van der Waals surface area contributed by atoms with Crippen LogP contribution in [0.15, 0.2) is 35.2 Å². The predicted molar refractivity (Wildman–Crippen MR) is 120 cm³/mol. The number of hydrogen-bond acceptors (Lipinski definition) is 4. The average Bonchev–Trinajstić information content (AvgIpc) is 3.31. The molecule has 5 nitrogen and oxygen atoms in total. The van der Waals surface area contributed by atoms with Gasteiger partial charge in [-0.3, -0.25) is 4.72 Å². The maximum atomic E-state index is 11.1. The molecule has 0 aromatic heterocycles. The van der Waals surface area contributed by atoms with Crippen LogP contribution < -0.4 is 15.8 Å². The van der Waals surface area contributed by atoms with Crippen molar-refractivity contribution in [2.75, 3.05) is 12.4 Å². The smallest absolute Gasteiger partial charge is 0.316 e. The topological polar surface area (TPSA) is 87.4 Å². The van der Waals surface area contributed by atoms with Gasteiger partial charge in [0.15, 0.2) is 0 Å². The Hall–Kier alpha value is -2.02. The minimum absolute atomic E-state index is 0.436. The highest BCUT2D eigenvalue weighted by atomic mass is 32.2. The number of primary amides is 1. The van der Waals surface area contributed by atoms with Crippen molar-refractivity contribution in [2.24, 2.45) is 5.73 Å². The minimum atomic E-state index is -0.760. The Morgan fingerprint density at radius 2 is 1.69 bits per heavy atom. The van der Waals surface area contributed by atoms with E-state index >= 15 is 0 Å². The van der Waals surface area contributed by atoms with Crippen LogP contribution in [-0.4, -0.2) is 18.2 Å².